The number of benzene rings is 2. The molecule has 0 amide bonds. The Morgan fingerprint density at radius 1 is 1.22 bits per heavy atom. The molecular formula is C14H13BrClNO. The summed E-state index contributed by atoms with van der Waals surface area (Å²) in [6.45, 7) is 2.63. The SMILES string of the molecule is Cc1cc(O)ccc1NCc1cc(Cl)ccc1Br. The van der Waals surface area contributed by atoms with Gasteiger partial charge in [0.05, 0.1) is 0 Å². The highest BCUT2D eigenvalue weighted by Crippen LogP contribution is 2.24. The third kappa shape index (κ3) is 3.18. The molecule has 0 saturated carbocycles. The Morgan fingerprint density at radius 2 is 2.00 bits per heavy atom. The Kier molecular flexibility index (Phi) is 4.15. The maximum atomic E-state index is 9.35. The van der Waals surface area contributed by atoms with E-state index >= 15 is 0 Å². The van der Waals surface area contributed by atoms with Gasteiger partial charge in [-0.3, -0.25) is 0 Å². The fourth-order valence-corrected chi connectivity index (χ4v) is 2.30. The summed E-state index contributed by atoms with van der Waals surface area (Å²) in [5, 5.41) is 13.4. The second-order valence-corrected chi connectivity index (χ2v) is 5.38. The highest BCUT2D eigenvalue weighted by Gasteiger charge is 2.03. The summed E-state index contributed by atoms with van der Waals surface area (Å²) in [6.07, 6.45) is 0. The highest BCUT2D eigenvalue weighted by atomic mass is 79.9. The van der Waals surface area contributed by atoms with Crippen molar-refractivity contribution in [1.29, 1.82) is 0 Å². The number of aromatic hydroxyl groups is 1. The van der Waals surface area contributed by atoms with E-state index in [9.17, 15) is 5.11 Å². The minimum absolute atomic E-state index is 0.280. The molecule has 18 heavy (non-hydrogen) atoms. The van der Waals surface area contributed by atoms with E-state index in [4.69, 9.17) is 11.6 Å². The first-order valence-electron chi connectivity index (χ1n) is 5.53. The van der Waals surface area contributed by atoms with E-state index in [0.29, 0.717) is 6.54 Å². The molecule has 0 saturated heterocycles. The monoisotopic (exact) mass is 325 g/mol. The van der Waals surface area contributed by atoms with Crippen molar-refractivity contribution in [1.82, 2.24) is 0 Å². The van der Waals surface area contributed by atoms with Crippen LogP contribution in [0.25, 0.3) is 0 Å². The number of aryl methyl sites for hydroxylation is 1. The van der Waals surface area contributed by atoms with E-state index in [-0.39, 0.29) is 5.75 Å². The van der Waals surface area contributed by atoms with Crippen molar-refractivity contribution in [2.24, 2.45) is 0 Å². The van der Waals surface area contributed by atoms with Crippen LogP contribution in [0.15, 0.2) is 40.9 Å². The minimum Gasteiger partial charge on any atom is -0.508 e. The molecule has 2 aromatic rings. The normalized spacial score (nSPS) is 10.4. The predicted molar refractivity (Wildman–Crippen MR) is 79.3 cm³/mol. The maximum Gasteiger partial charge on any atom is 0.115 e. The summed E-state index contributed by atoms with van der Waals surface area (Å²) >= 11 is 9.46. The number of phenolic OH excluding ortho intramolecular Hbond substituents is 1. The Hall–Kier alpha value is -1.19. The van der Waals surface area contributed by atoms with Crippen molar-refractivity contribution in [3.8, 4) is 5.75 Å². The molecule has 2 rings (SSSR count). The van der Waals surface area contributed by atoms with Gasteiger partial charge in [0.1, 0.15) is 5.75 Å². The van der Waals surface area contributed by atoms with Crippen LogP contribution in [-0.4, -0.2) is 5.11 Å². The lowest BCUT2D eigenvalue weighted by Crippen LogP contribution is -2.01. The number of phenols is 1. The Morgan fingerprint density at radius 3 is 2.72 bits per heavy atom. The summed E-state index contributed by atoms with van der Waals surface area (Å²) in [4.78, 5) is 0. The summed E-state index contributed by atoms with van der Waals surface area (Å²) < 4.78 is 1.02. The van der Waals surface area contributed by atoms with Crippen molar-refractivity contribution in [2.45, 2.75) is 13.5 Å². The molecular weight excluding hydrogens is 314 g/mol. The minimum atomic E-state index is 0.280. The number of rotatable bonds is 3. The van der Waals surface area contributed by atoms with Crippen molar-refractivity contribution in [2.75, 3.05) is 5.32 Å². The number of hydrogen-bond donors (Lipinski definition) is 2. The molecule has 0 atom stereocenters. The van der Waals surface area contributed by atoms with E-state index in [0.717, 1.165) is 26.3 Å². The Balaban J connectivity index is 2.13. The third-order valence-corrected chi connectivity index (χ3v) is 3.70. The van der Waals surface area contributed by atoms with Crippen LogP contribution in [0.1, 0.15) is 11.1 Å². The van der Waals surface area contributed by atoms with E-state index in [1.54, 1.807) is 12.1 Å². The summed E-state index contributed by atoms with van der Waals surface area (Å²) in [5.41, 5.74) is 3.10. The molecule has 0 fully saturated rings. The van der Waals surface area contributed by atoms with Gasteiger partial charge in [-0.05, 0) is 54.4 Å². The topological polar surface area (TPSA) is 32.3 Å². The van der Waals surface area contributed by atoms with Gasteiger partial charge in [-0.15, -0.1) is 0 Å². The molecule has 4 heteroatoms. The summed E-state index contributed by atoms with van der Waals surface area (Å²) in [6, 6.07) is 11.0. The summed E-state index contributed by atoms with van der Waals surface area (Å²) in [7, 11) is 0. The molecule has 0 aliphatic rings. The van der Waals surface area contributed by atoms with Crippen LogP contribution in [0, 0.1) is 6.92 Å². The van der Waals surface area contributed by atoms with Crippen LogP contribution in [0.4, 0.5) is 5.69 Å². The summed E-state index contributed by atoms with van der Waals surface area (Å²) in [5.74, 6) is 0.280. The fourth-order valence-electron chi connectivity index (χ4n) is 1.72. The molecule has 94 valence electrons. The molecule has 0 radical (unpaired) electrons. The molecule has 2 aromatic carbocycles. The van der Waals surface area contributed by atoms with Gasteiger partial charge >= 0.3 is 0 Å². The number of nitrogens with one attached hydrogen (secondary N) is 1. The number of anilines is 1. The first kappa shape index (κ1) is 13.2. The van der Waals surface area contributed by atoms with Gasteiger partial charge < -0.3 is 10.4 Å². The van der Waals surface area contributed by atoms with Gasteiger partial charge in [0.25, 0.3) is 0 Å². The van der Waals surface area contributed by atoms with Gasteiger partial charge in [0, 0.05) is 21.7 Å². The quantitative estimate of drug-likeness (QED) is 0.799. The van der Waals surface area contributed by atoms with Gasteiger partial charge in [0.2, 0.25) is 0 Å². The lowest BCUT2D eigenvalue weighted by Gasteiger charge is -2.11. The van der Waals surface area contributed by atoms with Gasteiger partial charge in [-0.25, -0.2) is 0 Å². The van der Waals surface area contributed by atoms with Gasteiger partial charge in [-0.2, -0.15) is 0 Å². The maximum absolute atomic E-state index is 9.35. The van der Waals surface area contributed by atoms with E-state index in [1.165, 1.54) is 0 Å². The van der Waals surface area contributed by atoms with E-state index in [2.05, 4.69) is 21.2 Å². The fraction of sp³-hybridized carbons (Fsp3) is 0.143. The van der Waals surface area contributed by atoms with Crippen molar-refractivity contribution in [3.63, 3.8) is 0 Å². The molecule has 0 bridgehead atoms. The first-order chi connectivity index (χ1) is 8.56. The average Bonchev–Trinajstić information content (AvgIpc) is 2.32. The smallest absolute Gasteiger partial charge is 0.115 e. The zero-order valence-electron chi connectivity index (χ0n) is 9.87. The van der Waals surface area contributed by atoms with E-state index in [1.807, 2.05) is 31.2 Å². The largest absolute Gasteiger partial charge is 0.508 e. The first-order valence-corrected chi connectivity index (χ1v) is 6.71. The van der Waals surface area contributed by atoms with Crippen LogP contribution in [0.3, 0.4) is 0 Å². The second-order valence-electron chi connectivity index (χ2n) is 4.09. The van der Waals surface area contributed by atoms with Crippen LogP contribution >= 0.6 is 27.5 Å². The van der Waals surface area contributed by atoms with Crippen LogP contribution in [-0.2, 0) is 6.54 Å². The van der Waals surface area contributed by atoms with Crippen LogP contribution < -0.4 is 5.32 Å². The van der Waals surface area contributed by atoms with Crippen molar-refractivity contribution < 1.29 is 5.11 Å². The molecule has 2 N–H and O–H groups in total. The van der Waals surface area contributed by atoms with Crippen molar-refractivity contribution in [3.05, 3.63) is 57.0 Å². The predicted octanol–water partition coefficient (Wildman–Crippen LogP) is 4.73. The van der Waals surface area contributed by atoms with Crippen molar-refractivity contribution >= 4 is 33.2 Å². The van der Waals surface area contributed by atoms with Crippen LogP contribution in [0.2, 0.25) is 5.02 Å². The molecule has 0 aromatic heterocycles. The standard InChI is InChI=1S/C14H13BrClNO/c1-9-6-12(18)3-5-14(9)17-8-10-7-11(16)2-4-13(10)15/h2-7,17-18H,8H2,1H3. The molecule has 0 aliphatic carbocycles. The lowest BCUT2D eigenvalue weighted by atomic mass is 10.1. The molecule has 2 nitrogen and oxygen atoms in total. The molecule has 0 heterocycles. The average molecular weight is 327 g/mol. The number of halogens is 2. The van der Waals surface area contributed by atoms with Gasteiger partial charge in [0.15, 0.2) is 0 Å². The lowest BCUT2D eigenvalue weighted by molar-refractivity contribution is 0.475. The number of hydrogen-bond acceptors (Lipinski definition) is 2. The zero-order valence-corrected chi connectivity index (χ0v) is 12.2. The molecule has 0 spiro atoms. The van der Waals surface area contributed by atoms with E-state index < -0.39 is 0 Å². The van der Waals surface area contributed by atoms with Crippen LogP contribution in [0.5, 0.6) is 5.75 Å². The molecule has 0 unspecified atom stereocenters. The third-order valence-electron chi connectivity index (χ3n) is 2.69. The highest BCUT2D eigenvalue weighted by molar-refractivity contribution is 9.10. The Labute approximate surface area is 120 Å². The molecule has 0 aliphatic heterocycles. The second kappa shape index (κ2) is 5.63. The van der Waals surface area contributed by atoms with Gasteiger partial charge in [-0.1, -0.05) is 27.5 Å². The zero-order chi connectivity index (χ0) is 13.1. The Bertz CT molecular complexity index is 572.